The van der Waals surface area contributed by atoms with E-state index < -0.39 is 0 Å². The second-order valence-electron chi connectivity index (χ2n) is 5.09. The first-order valence-corrected chi connectivity index (χ1v) is 7.46. The Morgan fingerprint density at radius 3 is 3.00 bits per heavy atom. The molecule has 2 aromatic heterocycles. The van der Waals surface area contributed by atoms with Gasteiger partial charge in [0.2, 0.25) is 0 Å². The van der Waals surface area contributed by atoms with Gasteiger partial charge < -0.3 is 10.6 Å². The summed E-state index contributed by atoms with van der Waals surface area (Å²) >= 11 is 1.77. The van der Waals surface area contributed by atoms with E-state index in [2.05, 4.69) is 34.4 Å². The average molecular weight is 261 g/mol. The highest BCUT2D eigenvalue weighted by molar-refractivity contribution is 7.17. The molecule has 0 amide bonds. The van der Waals surface area contributed by atoms with Crippen molar-refractivity contribution in [1.29, 1.82) is 0 Å². The highest BCUT2D eigenvalue weighted by atomic mass is 32.1. The Balaban J connectivity index is 1.95. The first kappa shape index (κ1) is 11.9. The van der Waals surface area contributed by atoms with Crippen LogP contribution in [0.3, 0.4) is 0 Å². The number of nitrogens with zero attached hydrogens (tertiary/aromatic N) is 2. The Labute approximate surface area is 112 Å². The van der Waals surface area contributed by atoms with Gasteiger partial charge in [-0.15, -0.1) is 11.3 Å². The molecule has 1 fully saturated rings. The summed E-state index contributed by atoms with van der Waals surface area (Å²) in [4.78, 5) is 6.86. The SMILES string of the molecule is CN(c1nccc2sccc12)C1CCCCC1N. The summed E-state index contributed by atoms with van der Waals surface area (Å²) in [6, 6.07) is 4.95. The summed E-state index contributed by atoms with van der Waals surface area (Å²) in [5, 5.41) is 3.38. The molecule has 2 N–H and O–H groups in total. The molecular weight excluding hydrogens is 242 g/mol. The molecular formula is C14H19N3S. The van der Waals surface area contributed by atoms with Crippen molar-refractivity contribution in [3.63, 3.8) is 0 Å². The van der Waals surface area contributed by atoms with Crippen molar-refractivity contribution in [1.82, 2.24) is 4.98 Å². The molecule has 2 heterocycles. The maximum Gasteiger partial charge on any atom is 0.137 e. The summed E-state index contributed by atoms with van der Waals surface area (Å²) in [5.41, 5.74) is 6.27. The van der Waals surface area contributed by atoms with Crippen LogP contribution in [0.25, 0.3) is 10.1 Å². The number of rotatable bonds is 2. The molecule has 0 saturated heterocycles. The maximum absolute atomic E-state index is 6.27. The van der Waals surface area contributed by atoms with E-state index in [1.807, 2.05) is 6.20 Å². The molecule has 0 bridgehead atoms. The molecule has 0 aromatic carbocycles. The lowest BCUT2D eigenvalue weighted by Crippen LogP contribution is -2.48. The molecule has 96 valence electrons. The third-order valence-corrected chi connectivity index (χ3v) is 4.85. The van der Waals surface area contributed by atoms with Crippen molar-refractivity contribution >= 4 is 27.2 Å². The third kappa shape index (κ3) is 1.99. The van der Waals surface area contributed by atoms with Crippen molar-refractivity contribution in [3.8, 4) is 0 Å². The van der Waals surface area contributed by atoms with E-state index >= 15 is 0 Å². The molecule has 2 unspecified atom stereocenters. The van der Waals surface area contributed by atoms with Gasteiger partial charge in [-0.2, -0.15) is 0 Å². The van der Waals surface area contributed by atoms with Crippen LogP contribution in [0.5, 0.6) is 0 Å². The molecule has 2 aromatic rings. The minimum absolute atomic E-state index is 0.277. The topological polar surface area (TPSA) is 42.2 Å². The van der Waals surface area contributed by atoms with E-state index in [0.29, 0.717) is 6.04 Å². The highest BCUT2D eigenvalue weighted by Crippen LogP contribution is 2.31. The molecule has 0 aliphatic heterocycles. The van der Waals surface area contributed by atoms with Gasteiger partial charge in [-0.05, 0) is 30.4 Å². The van der Waals surface area contributed by atoms with Gasteiger partial charge in [0, 0.05) is 35.4 Å². The largest absolute Gasteiger partial charge is 0.355 e. The number of pyridine rings is 1. The molecule has 18 heavy (non-hydrogen) atoms. The summed E-state index contributed by atoms with van der Waals surface area (Å²) in [6.07, 6.45) is 6.76. The Hall–Kier alpha value is -1.13. The Morgan fingerprint density at radius 2 is 2.17 bits per heavy atom. The van der Waals surface area contributed by atoms with Crippen molar-refractivity contribution < 1.29 is 0 Å². The van der Waals surface area contributed by atoms with Crippen LogP contribution in [0.2, 0.25) is 0 Å². The van der Waals surface area contributed by atoms with Gasteiger partial charge in [-0.3, -0.25) is 0 Å². The Kier molecular flexibility index (Phi) is 3.22. The summed E-state index contributed by atoms with van der Waals surface area (Å²) in [5.74, 6) is 1.08. The van der Waals surface area contributed by atoms with Crippen LogP contribution in [0.1, 0.15) is 25.7 Å². The first-order valence-electron chi connectivity index (χ1n) is 6.58. The van der Waals surface area contributed by atoms with Crippen LogP contribution in [-0.2, 0) is 0 Å². The standard InChI is InChI=1S/C14H19N3S/c1-17(12-5-3-2-4-11(12)15)14-10-7-9-18-13(10)6-8-16-14/h6-9,11-12H,2-5,15H2,1H3. The molecule has 1 saturated carbocycles. The molecule has 1 aliphatic carbocycles. The van der Waals surface area contributed by atoms with Gasteiger partial charge in [0.25, 0.3) is 0 Å². The van der Waals surface area contributed by atoms with E-state index in [9.17, 15) is 0 Å². The number of nitrogens with two attached hydrogens (primary N) is 1. The predicted octanol–water partition coefficient (Wildman–Crippen LogP) is 3.00. The van der Waals surface area contributed by atoms with E-state index in [1.54, 1.807) is 11.3 Å². The zero-order chi connectivity index (χ0) is 12.5. The van der Waals surface area contributed by atoms with Gasteiger partial charge in [-0.1, -0.05) is 12.8 Å². The molecule has 0 radical (unpaired) electrons. The summed E-state index contributed by atoms with van der Waals surface area (Å²) in [7, 11) is 2.13. The van der Waals surface area contributed by atoms with Crippen molar-refractivity contribution in [2.24, 2.45) is 5.73 Å². The number of anilines is 1. The number of likely N-dealkylation sites (N-methyl/N-ethyl adjacent to an activating group) is 1. The maximum atomic E-state index is 6.27. The normalized spacial score (nSPS) is 24.3. The monoisotopic (exact) mass is 261 g/mol. The Morgan fingerprint density at radius 1 is 1.33 bits per heavy atom. The van der Waals surface area contributed by atoms with Gasteiger partial charge in [-0.25, -0.2) is 4.98 Å². The van der Waals surface area contributed by atoms with Gasteiger partial charge in [0.05, 0.1) is 0 Å². The number of hydrogen-bond acceptors (Lipinski definition) is 4. The van der Waals surface area contributed by atoms with Crippen molar-refractivity contribution in [2.75, 3.05) is 11.9 Å². The van der Waals surface area contributed by atoms with Gasteiger partial charge in [0.15, 0.2) is 0 Å². The van der Waals surface area contributed by atoms with E-state index in [1.165, 1.54) is 29.3 Å². The fraction of sp³-hybridized carbons (Fsp3) is 0.500. The smallest absolute Gasteiger partial charge is 0.137 e. The van der Waals surface area contributed by atoms with Crippen LogP contribution in [0.15, 0.2) is 23.7 Å². The molecule has 3 rings (SSSR count). The van der Waals surface area contributed by atoms with Crippen LogP contribution in [0, 0.1) is 0 Å². The van der Waals surface area contributed by atoms with Crippen molar-refractivity contribution in [3.05, 3.63) is 23.7 Å². The number of thiophene rings is 1. The van der Waals surface area contributed by atoms with E-state index in [0.717, 1.165) is 12.2 Å². The second kappa shape index (κ2) is 4.86. The molecule has 3 nitrogen and oxygen atoms in total. The number of fused-ring (bicyclic) bond motifs is 1. The Bertz CT molecular complexity index is 537. The predicted molar refractivity (Wildman–Crippen MR) is 78.3 cm³/mol. The van der Waals surface area contributed by atoms with Crippen LogP contribution in [-0.4, -0.2) is 24.1 Å². The van der Waals surface area contributed by atoms with Crippen molar-refractivity contribution in [2.45, 2.75) is 37.8 Å². The number of hydrogen-bond donors (Lipinski definition) is 1. The van der Waals surface area contributed by atoms with Gasteiger partial charge in [0.1, 0.15) is 5.82 Å². The lowest BCUT2D eigenvalue weighted by atomic mass is 9.90. The molecule has 2 atom stereocenters. The van der Waals surface area contributed by atoms with E-state index in [4.69, 9.17) is 5.73 Å². The quantitative estimate of drug-likeness (QED) is 0.903. The number of aromatic nitrogens is 1. The third-order valence-electron chi connectivity index (χ3n) is 3.97. The van der Waals surface area contributed by atoms with Crippen LogP contribution < -0.4 is 10.6 Å². The minimum Gasteiger partial charge on any atom is -0.355 e. The highest BCUT2D eigenvalue weighted by Gasteiger charge is 2.27. The lowest BCUT2D eigenvalue weighted by Gasteiger charge is -2.37. The van der Waals surface area contributed by atoms with Crippen LogP contribution in [0.4, 0.5) is 5.82 Å². The summed E-state index contributed by atoms with van der Waals surface area (Å²) in [6.45, 7) is 0. The summed E-state index contributed by atoms with van der Waals surface area (Å²) < 4.78 is 1.30. The molecule has 4 heteroatoms. The van der Waals surface area contributed by atoms with Gasteiger partial charge >= 0.3 is 0 Å². The van der Waals surface area contributed by atoms with Crippen LogP contribution >= 0.6 is 11.3 Å². The lowest BCUT2D eigenvalue weighted by molar-refractivity contribution is 0.373. The van der Waals surface area contributed by atoms with E-state index in [-0.39, 0.29) is 6.04 Å². The first-order chi connectivity index (χ1) is 8.77. The second-order valence-corrected chi connectivity index (χ2v) is 6.04. The fourth-order valence-corrected chi connectivity index (χ4v) is 3.72. The average Bonchev–Trinajstić information content (AvgIpc) is 2.86. The zero-order valence-electron chi connectivity index (χ0n) is 10.7. The fourth-order valence-electron chi connectivity index (χ4n) is 2.94. The minimum atomic E-state index is 0.277. The molecule has 1 aliphatic rings. The zero-order valence-corrected chi connectivity index (χ0v) is 11.5. The molecule has 0 spiro atoms.